The molecule has 0 unspecified atom stereocenters. The van der Waals surface area contributed by atoms with E-state index in [0.29, 0.717) is 5.70 Å². The molecular weight excluding hydrogens is 366 g/mol. The molecule has 2 rings (SSSR count). The number of methoxy groups -OCH3 is 2. The van der Waals surface area contributed by atoms with Gasteiger partial charge in [0.05, 0.1) is 19.8 Å². The molecule has 1 aromatic rings. The second kappa shape index (κ2) is 7.74. The van der Waals surface area contributed by atoms with E-state index < -0.39 is 26.9 Å². The average molecular weight is 383 g/mol. The summed E-state index contributed by atoms with van der Waals surface area (Å²) < 4.78 is 36.1. The largest absolute Gasteiger partial charge is 0.480 e. The van der Waals surface area contributed by atoms with Crippen molar-refractivity contribution in [2.45, 2.75) is 11.8 Å². The zero-order valence-electron chi connectivity index (χ0n) is 14.1. The van der Waals surface area contributed by atoms with Crippen LogP contribution in [0.2, 0.25) is 0 Å². The third-order valence-electron chi connectivity index (χ3n) is 3.05. The molecule has 1 aliphatic heterocycles. The quantitative estimate of drug-likeness (QED) is 0.621. The van der Waals surface area contributed by atoms with Gasteiger partial charge in [0.15, 0.2) is 0 Å². The summed E-state index contributed by atoms with van der Waals surface area (Å²) in [6.45, 7) is 1.68. The number of carbonyl (C=O) groups is 2. The van der Waals surface area contributed by atoms with Gasteiger partial charge in [-0.3, -0.25) is 5.43 Å². The first-order valence-electron chi connectivity index (χ1n) is 7.15. The normalized spacial score (nSPS) is 13.7. The molecule has 0 spiro atoms. The first-order valence-corrected chi connectivity index (χ1v) is 8.63. The minimum Gasteiger partial charge on any atom is -0.480 e. The molecule has 0 atom stereocenters. The topological polar surface area (TPSA) is 138 Å². The molecule has 1 heterocycles. The average Bonchev–Trinajstić information content (AvgIpc) is 2.59. The third-order valence-corrected chi connectivity index (χ3v) is 4.44. The summed E-state index contributed by atoms with van der Waals surface area (Å²) in [7, 11) is -1.83. The molecule has 0 radical (unpaired) electrons. The number of hydrogen-bond acceptors (Lipinski definition) is 9. The summed E-state index contributed by atoms with van der Waals surface area (Å²) in [5.74, 6) is -0.653. The Balaban J connectivity index is 2.15. The van der Waals surface area contributed by atoms with Crippen molar-refractivity contribution in [1.29, 1.82) is 0 Å². The Morgan fingerprint density at radius 2 is 1.92 bits per heavy atom. The van der Waals surface area contributed by atoms with Crippen LogP contribution in [0.1, 0.15) is 17.3 Å². The zero-order valence-corrected chi connectivity index (χ0v) is 15.0. The summed E-state index contributed by atoms with van der Waals surface area (Å²) in [6.07, 6.45) is 1.57. The van der Waals surface area contributed by atoms with Crippen molar-refractivity contribution in [1.82, 2.24) is 20.8 Å². The lowest BCUT2D eigenvalue weighted by Gasteiger charge is -2.25. The van der Waals surface area contributed by atoms with E-state index in [1.165, 1.54) is 31.4 Å². The minimum absolute atomic E-state index is 0.195. The van der Waals surface area contributed by atoms with Crippen molar-refractivity contribution in [2.24, 2.45) is 5.10 Å². The molecule has 0 aromatic heterocycles. The lowest BCUT2D eigenvalue weighted by molar-refractivity contribution is 0.0596. The molecule has 0 bridgehead atoms. The van der Waals surface area contributed by atoms with Crippen molar-refractivity contribution in [3.8, 4) is 0 Å². The van der Waals surface area contributed by atoms with Crippen LogP contribution < -0.4 is 15.6 Å². The number of nitrogens with one attached hydrogen (secondary N) is 3. The number of hydrazone groups is 1. The van der Waals surface area contributed by atoms with E-state index >= 15 is 0 Å². The van der Waals surface area contributed by atoms with Crippen LogP contribution in [0.3, 0.4) is 0 Å². The van der Waals surface area contributed by atoms with Crippen LogP contribution in [-0.2, 0) is 19.5 Å². The maximum Gasteiger partial charge on any atom is 0.350 e. The summed E-state index contributed by atoms with van der Waals surface area (Å²) in [5, 5.41) is 4.73. The van der Waals surface area contributed by atoms with Crippen LogP contribution in [0.5, 0.6) is 0 Å². The maximum absolute atomic E-state index is 12.4. The van der Waals surface area contributed by atoms with E-state index in [0.717, 1.165) is 12.3 Å². The van der Waals surface area contributed by atoms with Crippen LogP contribution in [0.4, 0.5) is 4.79 Å². The fourth-order valence-corrected chi connectivity index (χ4v) is 3.06. The third kappa shape index (κ3) is 4.42. The van der Waals surface area contributed by atoms with Crippen LogP contribution in [0, 0.1) is 0 Å². The SMILES string of the molecule is COC(=O)c1ccccc1S(=O)(=O)NC(=O)NN1N=C(OC)C=C(C)N1. The number of rotatable bonds is 4. The highest BCUT2D eigenvalue weighted by Gasteiger charge is 2.25. The molecular formula is C14H17N5O6S. The highest BCUT2D eigenvalue weighted by atomic mass is 32.2. The Bertz CT molecular complexity index is 880. The van der Waals surface area contributed by atoms with E-state index in [9.17, 15) is 18.0 Å². The van der Waals surface area contributed by atoms with Gasteiger partial charge in [-0.2, -0.15) is 0 Å². The van der Waals surface area contributed by atoms with Crippen molar-refractivity contribution in [2.75, 3.05) is 14.2 Å². The molecule has 11 nitrogen and oxygen atoms in total. The molecule has 0 saturated carbocycles. The number of hydrogen-bond donors (Lipinski definition) is 3. The van der Waals surface area contributed by atoms with Crippen molar-refractivity contribution >= 4 is 27.9 Å². The highest BCUT2D eigenvalue weighted by Crippen LogP contribution is 2.16. The minimum atomic E-state index is -4.34. The van der Waals surface area contributed by atoms with E-state index in [4.69, 9.17) is 4.74 Å². The Kier molecular flexibility index (Phi) is 5.67. The maximum atomic E-state index is 12.4. The Morgan fingerprint density at radius 1 is 1.23 bits per heavy atom. The number of ether oxygens (including phenoxy) is 2. The van der Waals surface area contributed by atoms with Gasteiger partial charge >= 0.3 is 12.0 Å². The van der Waals surface area contributed by atoms with Gasteiger partial charge in [0.2, 0.25) is 5.90 Å². The summed E-state index contributed by atoms with van der Waals surface area (Å²) >= 11 is 0. The van der Waals surface area contributed by atoms with Gasteiger partial charge in [-0.25, -0.2) is 28.2 Å². The zero-order chi connectivity index (χ0) is 19.3. The number of benzene rings is 1. The first kappa shape index (κ1) is 19.1. The fourth-order valence-electron chi connectivity index (χ4n) is 1.97. The van der Waals surface area contributed by atoms with Gasteiger partial charge in [-0.05, 0) is 19.1 Å². The monoisotopic (exact) mass is 383 g/mol. The number of esters is 1. The molecule has 0 aliphatic carbocycles. The number of sulfonamides is 1. The Morgan fingerprint density at radius 3 is 2.58 bits per heavy atom. The molecule has 1 aliphatic rings. The smallest absolute Gasteiger partial charge is 0.350 e. The fraction of sp³-hybridized carbons (Fsp3) is 0.214. The Hall–Kier alpha value is -3.28. The number of allylic oxidation sites excluding steroid dienone is 1. The number of carbonyl (C=O) groups excluding carboxylic acids is 2. The van der Waals surface area contributed by atoms with E-state index in [-0.39, 0.29) is 11.5 Å². The van der Waals surface area contributed by atoms with Gasteiger partial charge < -0.3 is 9.47 Å². The molecule has 0 saturated heterocycles. The summed E-state index contributed by atoms with van der Waals surface area (Å²) in [6, 6.07) is 4.22. The van der Waals surface area contributed by atoms with Gasteiger partial charge in [-0.1, -0.05) is 17.2 Å². The lowest BCUT2D eigenvalue weighted by atomic mass is 10.2. The molecule has 12 heteroatoms. The molecule has 0 fully saturated rings. The standard InChI is InChI=1S/C14H17N5O6S/c1-9-8-12(24-2)16-19(15-9)17-14(21)18-26(22,23)11-7-5-4-6-10(11)13(20)25-3/h4-8,15H,1-3H3,(H2,17,18,21). The van der Waals surface area contributed by atoms with Gasteiger partial charge in [0.1, 0.15) is 4.90 Å². The molecule has 3 N–H and O–H groups in total. The lowest BCUT2D eigenvalue weighted by Crippen LogP contribution is -2.53. The van der Waals surface area contributed by atoms with Crippen LogP contribution >= 0.6 is 0 Å². The van der Waals surface area contributed by atoms with Gasteiger partial charge in [-0.15, -0.1) is 5.23 Å². The van der Waals surface area contributed by atoms with Crippen LogP contribution in [-0.4, -0.2) is 45.8 Å². The second-order valence-corrected chi connectivity index (χ2v) is 6.58. The first-order chi connectivity index (χ1) is 12.3. The predicted molar refractivity (Wildman–Crippen MR) is 89.8 cm³/mol. The van der Waals surface area contributed by atoms with Crippen molar-refractivity contribution in [3.05, 3.63) is 41.6 Å². The van der Waals surface area contributed by atoms with Gasteiger partial charge in [0, 0.05) is 11.8 Å². The van der Waals surface area contributed by atoms with Crippen molar-refractivity contribution in [3.63, 3.8) is 0 Å². The van der Waals surface area contributed by atoms with E-state index in [1.54, 1.807) is 17.7 Å². The van der Waals surface area contributed by atoms with Crippen molar-refractivity contribution < 1.29 is 27.5 Å². The van der Waals surface area contributed by atoms with Crippen LogP contribution in [0.15, 0.2) is 46.0 Å². The molecule has 1 aromatic carbocycles. The number of urea groups is 1. The molecule has 2 amide bonds. The van der Waals surface area contributed by atoms with Crippen LogP contribution in [0.25, 0.3) is 0 Å². The number of hydrazine groups is 2. The predicted octanol–water partition coefficient (Wildman–Crippen LogP) is 0.0600. The van der Waals surface area contributed by atoms with Gasteiger partial charge in [0.25, 0.3) is 10.0 Å². The van der Waals surface area contributed by atoms with E-state index in [1.807, 2.05) is 0 Å². The van der Waals surface area contributed by atoms with E-state index in [2.05, 4.69) is 20.7 Å². The highest BCUT2D eigenvalue weighted by molar-refractivity contribution is 7.90. The summed E-state index contributed by atoms with van der Waals surface area (Å²) in [5.41, 5.74) is 5.22. The molecule has 140 valence electrons. The number of amides is 2. The molecule has 26 heavy (non-hydrogen) atoms. The number of nitrogens with zero attached hydrogens (tertiary/aromatic N) is 2. The Labute approximate surface area is 149 Å². The second-order valence-electron chi connectivity index (χ2n) is 4.93. The summed E-state index contributed by atoms with van der Waals surface area (Å²) in [4.78, 5) is 23.3.